The molecule has 0 N–H and O–H groups in total. The fraction of sp³-hybridized carbons (Fsp3) is 0.120. The van der Waals surface area contributed by atoms with Gasteiger partial charge in [-0.05, 0) is 128 Å². The van der Waals surface area contributed by atoms with Gasteiger partial charge in [-0.15, -0.1) is 21.5 Å². The Bertz CT molecular complexity index is 2810. The first kappa shape index (κ1) is 33.7. The molecule has 0 aliphatic heterocycles. The summed E-state index contributed by atoms with van der Waals surface area (Å²) < 4.78 is 4.76. The first-order valence-corrected chi connectivity index (χ1v) is 19.4. The van der Waals surface area contributed by atoms with Crippen molar-refractivity contribution < 1.29 is 0 Å². The first-order chi connectivity index (χ1) is 26.2. The molecule has 9 aromatic rings. The van der Waals surface area contributed by atoms with Crippen LogP contribution in [0.25, 0.3) is 82.0 Å². The third-order valence-corrected chi connectivity index (χ3v) is 11.9. The number of aromatic nitrogens is 3. The maximum atomic E-state index is 4.77. The summed E-state index contributed by atoms with van der Waals surface area (Å²) in [4.78, 5) is 0. The van der Waals surface area contributed by atoms with Gasteiger partial charge in [0.15, 0.2) is 11.6 Å². The highest BCUT2D eigenvalue weighted by Crippen LogP contribution is 2.45. The lowest BCUT2D eigenvalue weighted by molar-refractivity contribution is 1.07. The van der Waals surface area contributed by atoms with Crippen molar-refractivity contribution in [3.8, 4) is 61.8 Å². The van der Waals surface area contributed by atoms with Crippen LogP contribution in [-0.4, -0.2) is 14.8 Å². The van der Waals surface area contributed by atoms with Gasteiger partial charge in [-0.3, -0.25) is 4.57 Å². The normalized spacial score (nSPS) is 11.5. The minimum absolute atomic E-state index is 0.812. The van der Waals surface area contributed by atoms with Gasteiger partial charge in [0.25, 0.3) is 0 Å². The fourth-order valence-corrected chi connectivity index (χ4v) is 9.73. The van der Waals surface area contributed by atoms with Crippen LogP contribution < -0.4 is 0 Å². The number of aryl methyl sites for hydroxylation is 6. The molecule has 0 aliphatic carbocycles. The first-order valence-electron chi connectivity index (χ1n) is 18.6. The summed E-state index contributed by atoms with van der Waals surface area (Å²) in [5.74, 6) is 1.63. The lowest BCUT2D eigenvalue weighted by atomic mass is 9.89. The third-order valence-electron chi connectivity index (χ3n) is 10.7. The Morgan fingerprint density at radius 2 is 0.907 bits per heavy atom. The number of fused-ring (bicyclic) bond motifs is 3. The molecule has 0 unspecified atom stereocenters. The molecule has 262 valence electrons. The van der Waals surface area contributed by atoms with E-state index in [4.69, 9.17) is 10.2 Å². The molecule has 2 heterocycles. The van der Waals surface area contributed by atoms with Gasteiger partial charge in [0.1, 0.15) is 0 Å². The SMILES string of the molecule is Cc1cc(C)c(-c2ccc3sc4c(-c5ccc(-c6nnc(-c7ccccc7)n6-c6ccccc6)cc5)cc(-c5c(C)cc(C)cc5C)cc4c3c2)c(C)c1. The van der Waals surface area contributed by atoms with E-state index in [1.807, 2.05) is 35.6 Å². The molecule has 7 aromatic carbocycles. The molecule has 2 aromatic heterocycles. The standard InChI is InChI=1S/C50H41N3S/c1-30-23-32(3)46(33(4)24-30)39-21-22-45-43(27-39)44-29-40(47-34(5)25-31(2)26-35(47)6)28-42(48(44)54-45)36-17-19-38(20-18-36)50-52-51-49(37-13-9-7-10-14-37)53(50)41-15-11-8-12-16-41/h7-29H,1-6H3. The van der Waals surface area contributed by atoms with E-state index in [9.17, 15) is 0 Å². The number of rotatable bonds is 6. The summed E-state index contributed by atoms with van der Waals surface area (Å²) in [7, 11) is 0. The van der Waals surface area contributed by atoms with Crippen molar-refractivity contribution in [1.29, 1.82) is 0 Å². The van der Waals surface area contributed by atoms with E-state index in [-0.39, 0.29) is 0 Å². The summed E-state index contributed by atoms with van der Waals surface area (Å²) >= 11 is 1.89. The number of hydrogen-bond acceptors (Lipinski definition) is 3. The molecule has 0 radical (unpaired) electrons. The molecule has 0 fully saturated rings. The predicted octanol–water partition coefficient (Wildman–Crippen LogP) is 13.8. The fourth-order valence-electron chi connectivity index (χ4n) is 8.53. The van der Waals surface area contributed by atoms with Gasteiger partial charge < -0.3 is 0 Å². The molecule has 0 amide bonds. The zero-order valence-corrected chi connectivity index (χ0v) is 32.3. The van der Waals surface area contributed by atoms with Crippen LogP contribution in [0.2, 0.25) is 0 Å². The van der Waals surface area contributed by atoms with Crippen LogP contribution in [0.1, 0.15) is 33.4 Å². The zero-order valence-electron chi connectivity index (χ0n) is 31.5. The molecule has 0 aliphatic rings. The summed E-state index contributed by atoms with van der Waals surface area (Å²) in [6.07, 6.45) is 0. The molecular formula is C50H41N3S. The second-order valence-electron chi connectivity index (χ2n) is 14.7. The van der Waals surface area contributed by atoms with Gasteiger partial charge in [-0.2, -0.15) is 0 Å². The maximum Gasteiger partial charge on any atom is 0.168 e. The van der Waals surface area contributed by atoms with E-state index in [2.05, 4.69) is 161 Å². The highest BCUT2D eigenvalue weighted by atomic mass is 32.1. The van der Waals surface area contributed by atoms with Crippen molar-refractivity contribution in [1.82, 2.24) is 14.8 Å². The lowest BCUT2D eigenvalue weighted by Crippen LogP contribution is -2.00. The molecule has 0 saturated heterocycles. The Morgan fingerprint density at radius 3 is 1.50 bits per heavy atom. The number of thiophene rings is 1. The van der Waals surface area contributed by atoms with E-state index in [1.54, 1.807) is 0 Å². The molecule has 9 rings (SSSR count). The Balaban J connectivity index is 1.23. The minimum Gasteiger partial charge on any atom is -0.275 e. The van der Waals surface area contributed by atoms with Crippen molar-refractivity contribution in [2.24, 2.45) is 0 Å². The summed E-state index contributed by atoms with van der Waals surface area (Å²) in [5.41, 5.74) is 18.5. The second kappa shape index (κ2) is 13.4. The Labute approximate surface area is 321 Å². The zero-order chi connectivity index (χ0) is 37.1. The van der Waals surface area contributed by atoms with Crippen LogP contribution in [0, 0.1) is 41.5 Å². The number of benzene rings is 7. The third kappa shape index (κ3) is 5.84. The smallest absolute Gasteiger partial charge is 0.168 e. The van der Waals surface area contributed by atoms with E-state index >= 15 is 0 Å². The van der Waals surface area contributed by atoms with Gasteiger partial charge >= 0.3 is 0 Å². The van der Waals surface area contributed by atoms with Crippen LogP contribution in [0.5, 0.6) is 0 Å². The Morgan fingerprint density at radius 1 is 0.426 bits per heavy atom. The lowest BCUT2D eigenvalue weighted by Gasteiger charge is -2.15. The number of para-hydroxylation sites is 1. The van der Waals surface area contributed by atoms with E-state index in [0.29, 0.717) is 0 Å². The van der Waals surface area contributed by atoms with Crippen LogP contribution in [0.15, 0.2) is 140 Å². The topological polar surface area (TPSA) is 30.7 Å². The van der Waals surface area contributed by atoms with Gasteiger partial charge in [-0.1, -0.05) is 114 Å². The number of hydrogen-bond donors (Lipinski definition) is 0. The van der Waals surface area contributed by atoms with Crippen molar-refractivity contribution in [3.63, 3.8) is 0 Å². The van der Waals surface area contributed by atoms with Crippen molar-refractivity contribution in [2.75, 3.05) is 0 Å². The predicted molar refractivity (Wildman–Crippen MR) is 230 cm³/mol. The molecule has 54 heavy (non-hydrogen) atoms. The van der Waals surface area contributed by atoms with Crippen molar-refractivity contribution >= 4 is 31.5 Å². The summed E-state index contributed by atoms with van der Waals surface area (Å²) in [6, 6.07) is 50.7. The molecule has 0 bridgehead atoms. The van der Waals surface area contributed by atoms with Crippen molar-refractivity contribution in [2.45, 2.75) is 41.5 Å². The average molecular weight is 716 g/mol. The quantitative estimate of drug-likeness (QED) is 0.172. The monoisotopic (exact) mass is 715 g/mol. The van der Waals surface area contributed by atoms with Gasteiger partial charge in [-0.25, -0.2) is 0 Å². The molecular weight excluding hydrogens is 675 g/mol. The highest BCUT2D eigenvalue weighted by molar-refractivity contribution is 7.26. The van der Waals surface area contributed by atoms with Gasteiger partial charge in [0.2, 0.25) is 0 Å². The second-order valence-corrected chi connectivity index (χ2v) is 15.8. The van der Waals surface area contributed by atoms with Gasteiger partial charge in [0.05, 0.1) is 0 Å². The van der Waals surface area contributed by atoms with Crippen LogP contribution >= 0.6 is 11.3 Å². The summed E-state index contributed by atoms with van der Waals surface area (Å²) in [6.45, 7) is 13.3. The van der Waals surface area contributed by atoms with Crippen LogP contribution in [0.4, 0.5) is 0 Å². The van der Waals surface area contributed by atoms with Gasteiger partial charge in [0, 0.05) is 42.6 Å². The molecule has 4 heteroatoms. The highest BCUT2D eigenvalue weighted by Gasteiger charge is 2.20. The molecule has 0 spiro atoms. The number of nitrogens with zero attached hydrogens (tertiary/aromatic N) is 3. The van der Waals surface area contributed by atoms with Crippen LogP contribution in [0.3, 0.4) is 0 Å². The average Bonchev–Trinajstić information content (AvgIpc) is 3.77. The largest absolute Gasteiger partial charge is 0.275 e. The molecule has 3 nitrogen and oxygen atoms in total. The maximum absolute atomic E-state index is 4.77. The Hall–Kier alpha value is -6.10. The van der Waals surface area contributed by atoms with E-state index in [0.717, 1.165) is 28.5 Å². The van der Waals surface area contributed by atoms with Crippen LogP contribution in [-0.2, 0) is 0 Å². The molecule has 0 saturated carbocycles. The minimum atomic E-state index is 0.812. The summed E-state index contributed by atoms with van der Waals surface area (Å²) in [5, 5.41) is 12.1. The molecule has 0 atom stereocenters. The van der Waals surface area contributed by atoms with E-state index < -0.39 is 0 Å². The van der Waals surface area contributed by atoms with Crippen molar-refractivity contribution in [3.05, 3.63) is 173 Å². The Kier molecular flexibility index (Phi) is 8.36. The van der Waals surface area contributed by atoms with E-state index in [1.165, 1.54) is 86.9 Å².